The Morgan fingerprint density at radius 1 is 1.03 bits per heavy atom. The van der Waals surface area contributed by atoms with Gasteiger partial charge in [-0.05, 0) is 30.6 Å². The van der Waals surface area contributed by atoms with Gasteiger partial charge >= 0.3 is 6.18 Å². The number of hydrogen-bond acceptors (Lipinski definition) is 6. The number of nitriles is 1. The summed E-state index contributed by atoms with van der Waals surface area (Å²) in [5.74, 6) is 0.158. The van der Waals surface area contributed by atoms with Crippen LogP contribution >= 0.6 is 0 Å². The Kier molecular flexibility index (Phi) is 5.71. The molecule has 0 unspecified atom stereocenters. The van der Waals surface area contributed by atoms with Gasteiger partial charge in [0.15, 0.2) is 0 Å². The molecular formula is C27H27F3N8O. The number of aromatic nitrogens is 4. The minimum absolute atomic E-state index is 0.114. The molecule has 12 heteroatoms. The first-order valence-corrected chi connectivity index (χ1v) is 12.8. The summed E-state index contributed by atoms with van der Waals surface area (Å²) in [5, 5.41) is 18.4. The first-order chi connectivity index (χ1) is 18.6. The van der Waals surface area contributed by atoms with Crippen LogP contribution in [-0.2, 0) is 11.8 Å². The Morgan fingerprint density at radius 3 is 2.36 bits per heavy atom. The van der Waals surface area contributed by atoms with Crippen molar-refractivity contribution in [2.24, 2.45) is 12.5 Å². The van der Waals surface area contributed by atoms with Crippen molar-refractivity contribution in [2.75, 3.05) is 39.8 Å². The minimum Gasteiger partial charge on any atom is -0.357 e. The third-order valence-corrected chi connectivity index (χ3v) is 7.94. The first-order valence-electron chi connectivity index (χ1n) is 12.8. The van der Waals surface area contributed by atoms with Gasteiger partial charge in [0.25, 0.3) is 0 Å². The largest absolute Gasteiger partial charge is 0.403 e. The van der Waals surface area contributed by atoms with E-state index in [0.717, 1.165) is 33.6 Å². The van der Waals surface area contributed by atoms with Crippen LogP contribution in [-0.4, -0.2) is 85.9 Å². The number of piperazine rings is 1. The first kappa shape index (κ1) is 25.0. The quantitative estimate of drug-likeness (QED) is 0.509. The molecule has 0 spiro atoms. The second-order valence-electron chi connectivity index (χ2n) is 10.4. The number of allylic oxidation sites excluding steroid dienone is 2. The van der Waals surface area contributed by atoms with Crippen LogP contribution in [0.5, 0.6) is 0 Å². The Morgan fingerprint density at radius 2 is 1.77 bits per heavy atom. The SMILES string of the molecule is CN1CC(c2cc(-c3cnn(C)c3)cn3ncc(C#N)c23)=CC=C1N1CCN(C(=O)C2(C(F)(F)F)CC2)CC1. The second kappa shape index (κ2) is 8.90. The zero-order chi connectivity index (χ0) is 27.5. The maximum atomic E-state index is 13.4. The van der Waals surface area contributed by atoms with Gasteiger partial charge < -0.3 is 14.7 Å². The van der Waals surface area contributed by atoms with Crippen LogP contribution in [0, 0.1) is 16.7 Å². The molecule has 0 bridgehead atoms. The maximum absolute atomic E-state index is 13.4. The van der Waals surface area contributed by atoms with Gasteiger partial charge in [0.05, 0.1) is 23.5 Å². The van der Waals surface area contributed by atoms with E-state index in [1.807, 2.05) is 44.7 Å². The van der Waals surface area contributed by atoms with Gasteiger partial charge in [-0.25, -0.2) is 4.52 Å². The molecule has 1 saturated heterocycles. The summed E-state index contributed by atoms with van der Waals surface area (Å²) in [6.07, 6.45) is 6.44. The summed E-state index contributed by atoms with van der Waals surface area (Å²) in [4.78, 5) is 18.2. The molecule has 2 aliphatic heterocycles. The average molecular weight is 537 g/mol. The summed E-state index contributed by atoms with van der Waals surface area (Å²) >= 11 is 0. The molecule has 202 valence electrons. The number of hydrogen-bond donors (Lipinski definition) is 0. The molecular weight excluding hydrogens is 509 g/mol. The molecule has 0 aromatic carbocycles. The molecule has 1 saturated carbocycles. The van der Waals surface area contributed by atoms with Crippen molar-refractivity contribution in [1.29, 1.82) is 5.26 Å². The Bertz CT molecular complexity index is 1560. The smallest absolute Gasteiger partial charge is 0.357 e. The lowest BCUT2D eigenvalue weighted by molar-refractivity contribution is -0.199. The third-order valence-electron chi connectivity index (χ3n) is 7.94. The molecule has 0 radical (unpaired) electrons. The summed E-state index contributed by atoms with van der Waals surface area (Å²) in [7, 11) is 3.81. The van der Waals surface area contributed by atoms with Crippen molar-refractivity contribution in [1.82, 2.24) is 34.1 Å². The number of halogens is 3. The number of amides is 1. The zero-order valence-corrected chi connectivity index (χ0v) is 21.6. The predicted molar refractivity (Wildman–Crippen MR) is 137 cm³/mol. The van der Waals surface area contributed by atoms with Crippen LogP contribution in [0.4, 0.5) is 13.2 Å². The fraction of sp³-hybridized carbons (Fsp3) is 0.407. The molecule has 3 aromatic rings. The van der Waals surface area contributed by atoms with Gasteiger partial charge in [-0.2, -0.15) is 28.6 Å². The topological polar surface area (TPSA) is 85.7 Å². The van der Waals surface area contributed by atoms with E-state index in [4.69, 9.17) is 0 Å². The van der Waals surface area contributed by atoms with Crippen molar-refractivity contribution in [3.8, 4) is 17.2 Å². The lowest BCUT2D eigenvalue weighted by Gasteiger charge is -2.42. The zero-order valence-electron chi connectivity index (χ0n) is 21.6. The molecule has 3 aliphatic rings. The summed E-state index contributed by atoms with van der Waals surface area (Å²) in [5.41, 5.74) is 2.79. The minimum atomic E-state index is -4.49. The highest BCUT2D eigenvalue weighted by atomic mass is 19.4. The average Bonchev–Trinajstić information content (AvgIpc) is 3.48. The van der Waals surface area contributed by atoms with Gasteiger partial charge in [-0.3, -0.25) is 9.48 Å². The molecule has 1 aliphatic carbocycles. The molecule has 39 heavy (non-hydrogen) atoms. The highest BCUT2D eigenvalue weighted by molar-refractivity contribution is 5.87. The van der Waals surface area contributed by atoms with Crippen LogP contribution in [0.15, 0.2) is 48.8 Å². The van der Waals surface area contributed by atoms with E-state index in [-0.39, 0.29) is 25.9 Å². The fourth-order valence-corrected chi connectivity index (χ4v) is 5.57. The van der Waals surface area contributed by atoms with Crippen LogP contribution in [0.1, 0.15) is 24.0 Å². The second-order valence-corrected chi connectivity index (χ2v) is 10.4. The third kappa shape index (κ3) is 4.13. The number of carbonyl (C=O) groups is 1. The molecule has 5 heterocycles. The van der Waals surface area contributed by atoms with E-state index < -0.39 is 17.5 Å². The molecule has 2 fully saturated rings. The molecule has 1 amide bonds. The van der Waals surface area contributed by atoms with Crippen molar-refractivity contribution < 1.29 is 18.0 Å². The monoisotopic (exact) mass is 536 g/mol. The number of likely N-dealkylation sites (N-methyl/N-ethyl adjacent to an activating group) is 1. The van der Waals surface area contributed by atoms with Crippen molar-refractivity contribution >= 4 is 17.0 Å². The Labute approximate surface area is 223 Å². The number of nitrogens with zero attached hydrogens (tertiary/aromatic N) is 8. The van der Waals surface area contributed by atoms with E-state index in [1.165, 1.54) is 4.90 Å². The van der Waals surface area contributed by atoms with Crippen LogP contribution in [0.2, 0.25) is 0 Å². The predicted octanol–water partition coefficient (Wildman–Crippen LogP) is 3.26. The maximum Gasteiger partial charge on any atom is 0.403 e. The lowest BCUT2D eigenvalue weighted by atomic mass is 9.98. The lowest BCUT2D eigenvalue weighted by Crippen LogP contribution is -2.54. The molecule has 6 rings (SSSR count). The molecule has 9 nitrogen and oxygen atoms in total. The number of carbonyl (C=O) groups excluding carboxylic acids is 1. The van der Waals surface area contributed by atoms with Crippen LogP contribution < -0.4 is 0 Å². The van der Waals surface area contributed by atoms with Gasteiger partial charge in [0.1, 0.15) is 17.3 Å². The normalized spacial score (nSPS) is 19.1. The summed E-state index contributed by atoms with van der Waals surface area (Å²) in [6, 6.07) is 4.28. The van der Waals surface area contributed by atoms with Crippen molar-refractivity contribution in [3.63, 3.8) is 0 Å². The van der Waals surface area contributed by atoms with Gasteiger partial charge in [0.2, 0.25) is 5.91 Å². The van der Waals surface area contributed by atoms with Gasteiger partial charge in [-0.15, -0.1) is 0 Å². The standard InChI is InChI=1S/C27H27F3N8O/c1-34-15-18(22-11-19(21-14-32-35(2)16-21)17-38-24(22)20(12-31)13-33-38)3-4-23(34)36-7-9-37(10-8-36)25(39)26(5-6-26)27(28,29)30/h3-4,11,13-14,16-17H,5-10,15H2,1-2H3. The highest BCUT2D eigenvalue weighted by Crippen LogP contribution is 2.58. The number of alkyl halides is 3. The number of fused-ring (bicyclic) bond motifs is 1. The van der Waals surface area contributed by atoms with E-state index in [0.29, 0.717) is 25.2 Å². The fourth-order valence-electron chi connectivity index (χ4n) is 5.57. The Hall–Kier alpha value is -4.27. The van der Waals surface area contributed by atoms with E-state index in [9.17, 15) is 23.2 Å². The number of pyridine rings is 1. The van der Waals surface area contributed by atoms with E-state index in [2.05, 4.69) is 26.1 Å². The van der Waals surface area contributed by atoms with E-state index >= 15 is 0 Å². The van der Waals surface area contributed by atoms with Gasteiger partial charge in [0, 0.05) is 75.9 Å². The van der Waals surface area contributed by atoms with E-state index in [1.54, 1.807) is 21.6 Å². The van der Waals surface area contributed by atoms with Crippen LogP contribution in [0.25, 0.3) is 22.2 Å². The van der Waals surface area contributed by atoms with Crippen molar-refractivity contribution in [2.45, 2.75) is 19.0 Å². The number of aryl methyl sites for hydroxylation is 1. The van der Waals surface area contributed by atoms with Gasteiger partial charge in [-0.1, -0.05) is 6.08 Å². The van der Waals surface area contributed by atoms with Crippen LogP contribution in [0.3, 0.4) is 0 Å². The summed E-state index contributed by atoms with van der Waals surface area (Å²) < 4.78 is 43.8. The molecule has 0 atom stereocenters. The Balaban J connectivity index is 1.26. The summed E-state index contributed by atoms with van der Waals surface area (Å²) in [6.45, 7) is 1.99. The number of rotatable bonds is 4. The highest BCUT2D eigenvalue weighted by Gasteiger charge is 2.69. The molecule has 3 aromatic heterocycles. The molecule has 0 N–H and O–H groups in total. The van der Waals surface area contributed by atoms with Crippen molar-refractivity contribution in [3.05, 3.63) is 60.0 Å².